The number of aromatic nitrogens is 2. The molecule has 0 amide bonds. The molecule has 3 nitrogen and oxygen atoms in total. The molecule has 0 fully saturated rings. The van der Waals surface area contributed by atoms with E-state index in [-0.39, 0.29) is 0 Å². The summed E-state index contributed by atoms with van der Waals surface area (Å²) in [5, 5.41) is 12.9. The van der Waals surface area contributed by atoms with E-state index in [1.54, 1.807) is 11.3 Å². The summed E-state index contributed by atoms with van der Waals surface area (Å²) in [5.74, 6) is 0. The Balaban J connectivity index is 1.79. The summed E-state index contributed by atoms with van der Waals surface area (Å²) in [7, 11) is 0. The van der Waals surface area contributed by atoms with E-state index >= 15 is 0 Å². The summed E-state index contributed by atoms with van der Waals surface area (Å²) < 4.78 is 0. The summed E-state index contributed by atoms with van der Waals surface area (Å²) >= 11 is 1.71. The molecule has 0 atom stereocenters. The van der Waals surface area contributed by atoms with Gasteiger partial charge < -0.3 is 5.32 Å². The minimum Gasteiger partial charge on any atom is -0.381 e. The average molecular weight is 283 g/mol. The van der Waals surface area contributed by atoms with Crippen LogP contribution in [0.4, 0.5) is 5.69 Å². The van der Waals surface area contributed by atoms with Gasteiger partial charge in [0.15, 0.2) is 0 Å². The predicted molar refractivity (Wildman–Crippen MR) is 85.1 cm³/mol. The van der Waals surface area contributed by atoms with Gasteiger partial charge >= 0.3 is 0 Å². The van der Waals surface area contributed by atoms with Crippen molar-refractivity contribution < 1.29 is 0 Å². The Kier molecular flexibility index (Phi) is 3.56. The third kappa shape index (κ3) is 2.60. The van der Waals surface area contributed by atoms with Gasteiger partial charge in [0.25, 0.3) is 0 Å². The van der Waals surface area contributed by atoms with E-state index in [0.717, 1.165) is 12.2 Å². The van der Waals surface area contributed by atoms with E-state index in [2.05, 4.69) is 65.1 Å². The SMILES string of the molecule is Cc1ccc(C)c(NCc2c[nH]nc2-c2cccs2)c1. The molecular weight excluding hydrogens is 266 g/mol. The van der Waals surface area contributed by atoms with Crippen LogP contribution in [0, 0.1) is 13.8 Å². The molecule has 0 spiro atoms. The Hall–Kier alpha value is -2.07. The van der Waals surface area contributed by atoms with Gasteiger partial charge in [0.05, 0.1) is 4.88 Å². The standard InChI is InChI=1S/C16H17N3S/c1-11-5-6-12(2)14(8-11)17-9-13-10-18-19-16(13)15-4-3-7-20-15/h3-8,10,17H,9H2,1-2H3,(H,18,19). The average Bonchev–Trinajstić information content (AvgIpc) is 3.09. The highest BCUT2D eigenvalue weighted by Gasteiger charge is 2.09. The lowest BCUT2D eigenvalue weighted by Crippen LogP contribution is -2.01. The number of rotatable bonds is 4. The van der Waals surface area contributed by atoms with Gasteiger partial charge in [0.1, 0.15) is 5.69 Å². The number of aryl methyl sites for hydroxylation is 2. The molecule has 0 radical (unpaired) electrons. The largest absolute Gasteiger partial charge is 0.381 e. The second-order valence-electron chi connectivity index (χ2n) is 4.91. The first kappa shape index (κ1) is 12.9. The van der Waals surface area contributed by atoms with Crippen LogP contribution >= 0.6 is 11.3 Å². The van der Waals surface area contributed by atoms with Gasteiger partial charge in [-0.25, -0.2) is 0 Å². The highest BCUT2D eigenvalue weighted by atomic mass is 32.1. The van der Waals surface area contributed by atoms with E-state index in [1.807, 2.05) is 6.20 Å². The molecule has 0 bridgehead atoms. The van der Waals surface area contributed by atoms with Crippen LogP contribution in [0.5, 0.6) is 0 Å². The molecule has 0 aliphatic heterocycles. The molecule has 1 aromatic carbocycles. The second-order valence-corrected chi connectivity index (χ2v) is 5.86. The highest BCUT2D eigenvalue weighted by molar-refractivity contribution is 7.13. The minimum absolute atomic E-state index is 0.772. The molecule has 3 aromatic rings. The molecule has 0 saturated carbocycles. The lowest BCUT2D eigenvalue weighted by Gasteiger charge is -2.10. The van der Waals surface area contributed by atoms with Crippen molar-refractivity contribution in [3.63, 3.8) is 0 Å². The topological polar surface area (TPSA) is 40.7 Å². The van der Waals surface area contributed by atoms with Crippen molar-refractivity contribution in [1.82, 2.24) is 10.2 Å². The molecule has 102 valence electrons. The first-order valence-corrected chi connectivity index (χ1v) is 7.49. The van der Waals surface area contributed by atoms with Crippen molar-refractivity contribution in [3.8, 4) is 10.6 Å². The Morgan fingerprint density at radius 1 is 1.25 bits per heavy atom. The van der Waals surface area contributed by atoms with Crippen LogP contribution in [0.3, 0.4) is 0 Å². The molecule has 20 heavy (non-hydrogen) atoms. The zero-order chi connectivity index (χ0) is 13.9. The maximum atomic E-state index is 4.36. The molecule has 0 aliphatic carbocycles. The van der Waals surface area contributed by atoms with Crippen molar-refractivity contribution in [1.29, 1.82) is 0 Å². The fourth-order valence-corrected chi connectivity index (χ4v) is 2.94. The van der Waals surface area contributed by atoms with Gasteiger partial charge in [0.2, 0.25) is 0 Å². The van der Waals surface area contributed by atoms with E-state index in [9.17, 15) is 0 Å². The van der Waals surface area contributed by atoms with Gasteiger partial charge in [-0.1, -0.05) is 18.2 Å². The van der Waals surface area contributed by atoms with Crippen LogP contribution in [-0.2, 0) is 6.54 Å². The molecule has 4 heteroatoms. The van der Waals surface area contributed by atoms with Gasteiger partial charge in [-0.2, -0.15) is 5.10 Å². The van der Waals surface area contributed by atoms with Gasteiger partial charge in [-0.3, -0.25) is 5.10 Å². The monoisotopic (exact) mass is 283 g/mol. The van der Waals surface area contributed by atoms with Crippen LogP contribution in [0.2, 0.25) is 0 Å². The van der Waals surface area contributed by atoms with Crippen LogP contribution in [-0.4, -0.2) is 10.2 Å². The van der Waals surface area contributed by atoms with Crippen molar-refractivity contribution in [2.45, 2.75) is 20.4 Å². The van der Waals surface area contributed by atoms with Crippen LogP contribution in [0.15, 0.2) is 41.9 Å². The Morgan fingerprint density at radius 3 is 2.95 bits per heavy atom. The van der Waals surface area contributed by atoms with E-state index in [4.69, 9.17) is 0 Å². The maximum absolute atomic E-state index is 4.36. The quantitative estimate of drug-likeness (QED) is 0.746. The molecule has 2 N–H and O–H groups in total. The molecule has 0 aliphatic rings. The van der Waals surface area contributed by atoms with E-state index in [1.165, 1.54) is 27.3 Å². The van der Waals surface area contributed by atoms with E-state index < -0.39 is 0 Å². The summed E-state index contributed by atoms with van der Waals surface area (Å²) in [4.78, 5) is 1.20. The van der Waals surface area contributed by atoms with Crippen LogP contribution in [0.25, 0.3) is 10.6 Å². The molecule has 2 heterocycles. The first-order chi connectivity index (χ1) is 9.74. The summed E-state index contributed by atoms with van der Waals surface area (Å²) in [6.07, 6.45) is 1.97. The number of nitrogens with zero attached hydrogens (tertiary/aromatic N) is 1. The summed E-state index contributed by atoms with van der Waals surface area (Å²) in [5.41, 5.74) is 5.94. The normalized spacial score (nSPS) is 10.7. The molecular formula is C16H17N3S. The summed E-state index contributed by atoms with van der Waals surface area (Å²) in [6, 6.07) is 10.6. The highest BCUT2D eigenvalue weighted by Crippen LogP contribution is 2.26. The predicted octanol–water partition coefficient (Wildman–Crippen LogP) is 4.37. The number of nitrogens with one attached hydrogen (secondary N) is 2. The molecule has 0 unspecified atom stereocenters. The van der Waals surface area contributed by atoms with Gasteiger partial charge in [0, 0.05) is 24.0 Å². The molecule has 2 aromatic heterocycles. The fourth-order valence-electron chi connectivity index (χ4n) is 2.19. The number of anilines is 1. The van der Waals surface area contributed by atoms with Crippen molar-refractivity contribution >= 4 is 17.0 Å². The molecule has 3 rings (SSSR count). The second kappa shape index (κ2) is 5.51. The van der Waals surface area contributed by atoms with Crippen LogP contribution < -0.4 is 5.32 Å². The number of benzene rings is 1. The number of thiophene rings is 1. The first-order valence-electron chi connectivity index (χ1n) is 6.61. The lowest BCUT2D eigenvalue weighted by molar-refractivity contribution is 1.10. The Labute approximate surface area is 122 Å². The number of hydrogen-bond acceptors (Lipinski definition) is 3. The maximum Gasteiger partial charge on any atom is 0.107 e. The minimum atomic E-state index is 0.772. The summed E-state index contributed by atoms with van der Waals surface area (Å²) in [6.45, 7) is 5.00. The zero-order valence-electron chi connectivity index (χ0n) is 11.6. The van der Waals surface area contributed by atoms with Crippen molar-refractivity contribution in [2.75, 3.05) is 5.32 Å². The third-order valence-corrected chi connectivity index (χ3v) is 4.21. The molecule has 0 saturated heterocycles. The number of H-pyrrole nitrogens is 1. The number of aromatic amines is 1. The van der Waals surface area contributed by atoms with Crippen molar-refractivity contribution in [2.24, 2.45) is 0 Å². The zero-order valence-corrected chi connectivity index (χ0v) is 12.4. The Morgan fingerprint density at radius 2 is 2.15 bits per heavy atom. The van der Waals surface area contributed by atoms with Gasteiger partial charge in [-0.15, -0.1) is 11.3 Å². The smallest absolute Gasteiger partial charge is 0.107 e. The Bertz CT molecular complexity index is 698. The fraction of sp³-hybridized carbons (Fsp3) is 0.188. The van der Waals surface area contributed by atoms with E-state index in [0.29, 0.717) is 0 Å². The van der Waals surface area contributed by atoms with Crippen LogP contribution in [0.1, 0.15) is 16.7 Å². The van der Waals surface area contributed by atoms with Gasteiger partial charge in [-0.05, 0) is 42.5 Å². The number of hydrogen-bond donors (Lipinski definition) is 2. The van der Waals surface area contributed by atoms with Crippen molar-refractivity contribution in [3.05, 3.63) is 58.6 Å². The third-order valence-electron chi connectivity index (χ3n) is 3.34. The lowest BCUT2D eigenvalue weighted by atomic mass is 10.1.